The van der Waals surface area contributed by atoms with Gasteiger partial charge < -0.3 is 0 Å². The smallest absolute Gasteiger partial charge is 0.0654 e. The van der Waals surface area contributed by atoms with Gasteiger partial charge in [-0.3, -0.25) is 0 Å². The van der Waals surface area contributed by atoms with Gasteiger partial charge in [0.1, 0.15) is 0 Å². The fourth-order valence-corrected chi connectivity index (χ4v) is 1.62. The molecule has 0 aliphatic heterocycles. The molecule has 0 N–H and O–H groups in total. The summed E-state index contributed by atoms with van der Waals surface area (Å²) in [5, 5.41) is 0. The van der Waals surface area contributed by atoms with E-state index in [4.69, 9.17) is 0 Å². The number of hydrogen-bond donors (Lipinski definition) is 0. The van der Waals surface area contributed by atoms with E-state index in [-0.39, 0.29) is 0 Å². The molecule has 72 valence electrons. The van der Waals surface area contributed by atoms with Gasteiger partial charge in [0.05, 0.1) is 0 Å². The van der Waals surface area contributed by atoms with E-state index in [0.717, 1.165) is 23.8 Å². The van der Waals surface area contributed by atoms with Gasteiger partial charge in [0, 0.05) is 10.6 Å². The molecule has 12 heavy (non-hydrogen) atoms. The van der Waals surface area contributed by atoms with Gasteiger partial charge >= 0.3 is 11.7 Å². The van der Waals surface area contributed by atoms with Gasteiger partial charge in [0.15, 0.2) is 0 Å². The van der Waals surface area contributed by atoms with E-state index in [9.17, 15) is 4.21 Å². The zero-order chi connectivity index (χ0) is 9.07. The molecule has 0 aromatic carbocycles. The first-order valence-corrected chi connectivity index (χ1v) is 6.07. The zero-order valence-electron chi connectivity index (χ0n) is 8.18. The molecule has 0 aromatic heterocycles. The summed E-state index contributed by atoms with van der Waals surface area (Å²) in [6.45, 7) is 2.24. The third kappa shape index (κ3) is 10.0. The molecule has 0 aliphatic carbocycles. The van der Waals surface area contributed by atoms with Crippen LogP contribution in [0.1, 0.15) is 58.3 Å². The molecule has 0 aliphatic rings. The predicted molar refractivity (Wildman–Crippen MR) is 55.5 cm³/mol. The van der Waals surface area contributed by atoms with Crippen LogP contribution in [0.15, 0.2) is 0 Å². The Hall–Kier alpha value is 0.0200. The number of hydrogen-bond acceptors (Lipinski definition) is 1. The van der Waals surface area contributed by atoms with Crippen LogP contribution < -0.4 is 0 Å². The van der Waals surface area contributed by atoms with Gasteiger partial charge in [-0.05, 0) is 6.42 Å². The van der Waals surface area contributed by atoms with Crippen LogP contribution >= 0.6 is 0 Å². The Morgan fingerprint density at radius 1 is 0.833 bits per heavy atom. The van der Waals surface area contributed by atoms with E-state index >= 15 is 0 Å². The molecule has 0 saturated heterocycles. The monoisotopic (exact) mass is 189 g/mol. The maximum atomic E-state index is 10.0. The fraction of sp³-hybridized carbons (Fsp3) is 1.00. The lowest BCUT2D eigenvalue weighted by molar-refractivity contribution is 0.581. The highest BCUT2D eigenvalue weighted by Gasteiger charge is 1.96. The maximum Gasteiger partial charge on any atom is 0.458 e. The molecule has 0 fully saturated rings. The minimum Gasteiger partial charge on any atom is -0.0654 e. The van der Waals surface area contributed by atoms with Crippen LogP contribution in [-0.4, -0.2) is 5.75 Å². The third-order valence-corrected chi connectivity index (χ3v) is 2.54. The van der Waals surface area contributed by atoms with Crippen LogP contribution in [0.25, 0.3) is 0 Å². The summed E-state index contributed by atoms with van der Waals surface area (Å²) in [7, 11) is 0. The largest absolute Gasteiger partial charge is 0.458 e. The van der Waals surface area contributed by atoms with Crippen molar-refractivity contribution in [3.63, 3.8) is 0 Å². The van der Waals surface area contributed by atoms with Crippen molar-refractivity contribution in [1.82, 2.24) is 0 Å². The molecule has 0 aromatic rings. The lowest BCUT2D eigenvalue weighted by atomic mass is 10.1. The number of unbranched alkanes of at least 4 members (excludes halogenated alkanes) is 7. The van der Waals surface area contributed by atoms with Gasteiger partial charge in [-0.25, -0.2) is 0 Å². The standard InChI is InChI=1S/C10H21OS/c1-2-3-4-5-6-7-8-9-10-12-11/h2-10H2,1H3/q+1. The fourth-order valence-electron chi connectivity index (χ4n) is 1.29. The van der Waals surface area contributed by atoms with Gasteiger partial charge in [0.25, 0.3) is 0 Å². The van der Waals surface area contributed by atoms with Gasteiger partial charge in [-0.1, -0.05) is 45.4 Å². The second-order valence-corrected chi connectivity index (χ2v) is 3.94. The molecule has 2 heteroatoms. The summed E-state index contributed by atoms with van der Waals surface area (Å²) >= 11 is 0.724. The normalized spacial score (nSPS) is 10.1. The van der Waals surface area contributed by atoms with Crippen LogP contribution in [0, 0.1) is 0 Å². The van der Waals surface area contributed by atoms with E-state index in [0.29, 0.717) is 0 Å². The molecule has 0 heterocycles. The van der Waals surface area contributed by atoms with Crippen molar-refractivity contribution in [3.8, 4) is 0 Å². The van der Waals surface area contributed by atoms with Crippen LogP contribution in [0.4, 0.5) is 0 Å². The summed E-state index contributed by atoms with van der Waals surface area (Å²) < 4.78 is 10.0. The van der Waals surface area contributed by atoms with E-state index in [1.54, 1.807) is 0 Å². The second-order valence-electron chi connectivity index (χ2n) is 3.30. The Balaban J connectivity index is 2.77. The lowest BCUT2D eigenvalue weighted by Crippen LogP contribution is -1.83. The Morgan fingerprint density at radius 3 is 1.83 bits per heavy atom. The predicted octanol–water partition coefficient (Wildman–Crippen LogP) is 3.56. The summed E-state index contributed by atoms with van der Waals surface area (Å²) in [5.41, 5.74) is 0. The van der Waals surface area contributed by atoms with Crippen LogP contribution in [-0.2, 0) is 15.9 Å². The lowest BCUT2D eigenvalue weighted by Gasteiger charge is -1.97. The molecule has 0 bridgehead atoms. The first-order valence-electron chi connectivity index (χ1n) is 5.16. The summed E-state index contributed by atoms with van der Waals surface area (Å²) in [6, 6.07) is 0. The highest BCUT2D eigenvalue weighted by molar-refractivity contribution is 7.65. The molecular weight excluding hydrogens is 168 g/mol. The van der Waals surface area contributed by atoms with Crippen molar-refractivity contribution in [3.05, 3.63) is 0 Å². The SMILES string of the molecule is CCCCCCCCCC[S+]=O. The molecule has 0 spiro atoms. The van der Waals surface area contributed by atoms with Crippen LogP contribution in [0.5, 0.6) is 0 Å². The Bertz CT molecular complexity index is 93.8. The van der Waals surface area contributed by atoms with Crippen molar-refractivity contribution < 1.29 is 4.21 Å². The van der Waals surface area contributed by atoms with Crippen molar-refractivity contribution in [1.29, 1.82) is 0 Å². The third-order valence-electron chi connectivity index (χ3n) is 2.08. The highest BCUT2D eigenvalue weighted by atomic mass is 32.1. The summed E-state index contributed by atoms with van der Waals surface area (Å²) in [6.07, 6.45) is 10.5. The molecule has 0 unspecified atom stereocenters. The minimum atomic E-state index is 0.724. The molecule has 0 saturated carbocycles. The molecular formula is C10H21OS+. The quantitative estimate of drug-likeness (QED) is 0.400. The molecule has 0 radical (unpaired) electrons. The molecule has 0 rings (SSSR count). The van der Waals surface area contributed by atoms with Crippen molar-refractivity contribution in [2.45, 2.75) is 58.3 Å². The van der Waals surface area contributed by atoms with Crippen molar-refractivity contribution in [2.75, 3.05) is 5.75 Å². The Kier molecular flexibility index (Phi) is 11.0. The summed E-state index contributed by atoms with van der Waals surface area (Å²) in [5.74, 6) is 0.801. The van der Waals surface area contributed by atoms with E-state index < -0.39 is 0 Å². The minimum absolute atomic E-state index is 0.724. The molecule has 0 amide bonds. The van der Waals surface area contributed by atoms with Crippen LogP contribution in [0.2, 0.25) is 0 Å². The van der Waals surface area contributed by atoms with Gasteiger partial charge in [-0.15, -0.1) is 0 Å². The second kappa shape index (κ2) is 11.0. The average molecular weight is 189 g/mol. The Labute approximate surface area is 80.4 Å². The average Bonchev–Trinajstić information content (AvgIpc) is 2.10. The topological polar surface area (TPSA) is 17.1 Å². The van der Waals surface area contributed by atoms with E-state index in [1.807, 2.05) is 0 Å². The van der Waals surface area contributed by atoms with Gasteiger partial charge in [0.2, 0.25) is 5.75 Å². The molecule has 1 nitrogen and oxygen atoms in total. The first kappa shape index (κ1) is 12.0. The highest BCUT2D eigenvalue weighted by Crippen LogP contribution is 2.07. The Morgan fingerprint density at radius 2 is 1.33 bits per heavy atom. The van der Waals surface area contributed by atoms with Crippen LogP contribution in [0.3, 0.4) is 0 Å². The molecule has 0 atom stereocenters. The van der Waals surface area contributed by atoms with E-state index in [2.05, 4.69) is 6.92 Å². The first-order chi connectivity index (χ1) is 5.91. The summed E-state index contributed by atoms with van der Waals surface area (Å²) in [4.78, 5) is 0. The number of rotatable bonds is 9. The van der Waals surface area contributed by atoms with Gasteiger partial charge in [-0.2, -0.15) is 0 Å². The maximum absolute atomic E-state index is 10.0. The van der Waals surface area contributed by atoms with Crippen molar-refractivity contribution in [2.24, 2.45) is 0 Å². The zero-order valence-corrected chi connectivity index (χ0v) is 9.00. The van der Waals surface area contributed by atoms with Crippen molar-refractivity contribution >= 4 is 11.7 Å². The van der Waals surface area contributed by atoms with E-state index in [1.165, 1.54) is 44.9 Å².